The van der Waals surface area contributed by atoms with Crippen molar-refractivity contribution < 1.29 is 28.6 Å². The number of carboxylic acids is 1. The van der Waals surface area contributed by atoms with Crippen molar-refractivity contribution in [1.29, 1.82) is 0 Å². The Balaban J connectivity index is 1.45. The molecule has 4 aliphatic rings. The highest BCUT2D eigenvalue weighted by Crippen LogP contribution is 2.58. The number of carboxylic acid groups (broad SMARTS) is 1. The van der Waals surface area contributed by atoms with Gasteiger partial charge in [0.25, 0.3) is 5.91 Å². The fraction of sp³-hybridized carbons (Fsp3) is 0.556. The standard InChI is InChI=1S/C18H20FNO5/c19-13-7-12(11-3-5-24-6-4-11)1-2-14(13)20-15(21)18-8-17(9-18,10-25-18)16(22)23/h1-2,7,11H,3-6,8-10H2,(H,20,21)(H,22,23). The fourth-order valence-corrected chi connectivity index (χ4v) is 4.11. The fourth-order valence-electron chi connectivity index (χ4n) is 4.11. The number of anilines is 1. The Labute approximate surface area is 144 Å². The van der Waals surface area contributed by atoms with Crippen molar-refractivity contribution in [3.05, 3.63) is 29.6 Å². The van der Waals surface area contributed by atoms with Crippen LogP contribution in [-0.2, 0) is 19.1 Å². The van der Waals surface area contributed by atoms with E-state index < -0.39 is 28.7 Å². The summed E-state index contributed by atoms with van der Waals surface area (Å²) < 4.78 is 25.2. The summed E-state index contributed by atoms with van der Waals surface area (Å²) in [5, 5.41) is 11.8. The van der Waals surface area contributed by atoms with E-state index >= 15 is 0 Å². The van der Waals surface area contributed by atoms with Crippen LogP contribution in [0, 0.1) is 11.2 Å². The van der Waals surface area contributed by atoms with E-state index in [9.17, 15) is 19.1 Å². The van der Waals surface area contributed by atoms with E-state index in [0.29, 0.717) is 13.2 Å². The number of nitrogens with one attached hydrogen (secondary N) is 1. The predicted octanol–water partition coefficient (Wildman–Crippen LogP) is 2.29. The summed E-state index contributed by atoms with van der Waals surface area (Å²) in [4.78, 5) is 23.7. The number of aliphatic carboxylic acids is 1. The molecule has 3 heterocycles. The van der Waals surface area contributed by atoms with Crippen LogP contribution in [0.5, 0.6) is 0 Å². The summed E-state index contributed by atoms with van der Waals surface area (Å²) in [7, 11) is 0. The maximum atomic E-state index is 14.4. The Morgan fingerprint density at radius 1 is 1.24 bits per heavy atom. The molecule has 25 heavy (non-hydrogen) atoms. The zero-order valence-electron chi connectivity index (χ0n) is 13.7. The van der Waals surface area contributed by atoms with E-state index in [1.165, 1.54) is 6.07 Å². The van der Waals surface area contributed by atoms with Crippen molar-refractivity contribution in [2.45, 2.75) is 37.2 Å². The van der Waals surface area contributed by atoms with Gasteiger partial charge in [-0.2, -0.15) is 0 Å². The molecule has 2 N–H and O–H groups in total. The van der Waals surface area contributed by atoms with Gasteiger partial charge >= 0.3 is 5.97 Å². The molecule has 7 heteroatoms. The number of benzene rings is 1. The molecule has 1 aromatic carbocycles. The van der Waals surface area contributed by atoms with E-state index in [0.717, 1.165) is 18.4 Å². The molecule has 3 aliphatic heterocycles. The number of halogens is 1. The topological polar surface area (TPSA) is 84.9 Å². The van der Waals surface area contributed by atoms with Gasteiger partial charge in [0, 0.05) is 26.1 Å². The lowest BCUT2D eigenvalue weighted by Gasteiger charge is -2.40. The zero-order valence-corrected chi connectivity index (χ0v) is 13.7. The molecular formula is C18H20FNO5. The van der Waals surface area contributed by atoms with Crippen LogP contribution in [0.4, 0.5) is 10.1 Å². The van der Waals surface area contributed by atoms with Gasteiger partial charge in [-0.1, -0.05) is 6.07 Å². The minimum atomic E-state index is -1.13. The number of hydrogen-bond acceptors (Lipinski definition) is 4. The van der Waals surface area contributed by atoms with E-state index in [1.54, 1.807) is 6.07 Å². The summed E-state index contributed by atoms with van der Waals surface area (Å²) in [6, 6.07) is 4.85. The van der Waals surface area contributed by atoms with Crippen molar-refractivity contribution >= 4 is 17.6 Å². The Kier molecular flexibility index (Phi) is 3.81. The Hall–Kier alpha value is -1.99. The first-order valence-electron chi connectivity index (χ1n) is 8.50. The average molecular weight is 349 g/mol. The quantitative estimate of drug-likeness (QED) is 0.871. The molecule has 134 valence electrons. The van der Waals surface area contributed by atoms with Crippen LogP contribution >= 0.6 is 0 Å². The van der Waals surface area contributed by atoms with Crippen LogP contribution in [0.3, 0.4) is 0 Å². The second-order valence-electron chi connectivity index (χ2n) is 7.30. The molecule has 1 amide bonds. The molecule has 0 radical (unpaired) electrons. The van der Waals surface area contributed by atoms with Gasteiger partial charge in [0.15, 0.2) is 0 Å². The van der Waals surface area contributed by atoms with Crippen molar-refractivity contribution in [2.24, 2.45) is 5.41 Å². The lowest BCUT2D eigenvalue weighted by molar-refractivity contribution is -0.156. The first-order valence-corrected chi connectivity index (χ1v) is 8.50. The van der Waals surface area contributed by atoms with Gasteiger partial charge in [0.05, 0.1) is 17.7 Å². The van der Waals surface area contributed by atoms with Gasteiger partial charge in [-0.05, 0) is 36.5 Å². The van der Waals surface area contributed by atoms with Crippen molar-refractivity contribution in [3.8, 4) is 0 Å². The predicted molar refractivity (Wildman–Crippen MR) is 85.8 cm³/mol. The van der Waals surface area contributed by atoms with Crippen LogP contribution in [-0.4, -0.2) is 42.4 Å². The lowest BCUT2D eigenvalue weighted by Crippen LogP contribution is -2.55. The highest BCUT2D eigenvalue weighted by molar-refractivity contribution is 6.00. The Morgan fingerprint density at radius 2 is 1.96 bits per heavy atom. The van der Waals surface area contributed by atoms with Crippen LogP contribution in [0.2, 0.25) is 0 Å². The van der Waals surface area contributed by atoms with Gasteiger partial charge in [-0.3, -0.25) is 9.59 Å². The molecule has 2 bridgehead atoms. The van der Waals surface area contributed by atoms with Gasteiger partial charge in [-0.15, -0.1) is 0 Å². The average Bonchev–Trinajstić information content (AvgIpc) is 3.15. The molecule has 0 aromatic heterocycles. The van der Waals surface area contributed by atoms with E-state index in [-0.39, 0.29) is 31.1 Å². The van der Waals surface area contributed by atoms with Crippen LogP contribution in [0.25, 0.3) is 0 Å². The molecule has 3 saturated heterocycles. The van der Waals surface area contributed by atoms with Crippen molar-refractivity contribution in [1.82, 2.24) is 0 Å². The highest BCUT2D eigenvalue weighted by atomic mass is 19.1. The second kappa shape index (κ2) is 5.78. The van der Waals surface area contributed by atoms with E-state index in [2.05, 4.69) is 5.32 Å². The summed E-state index contributed by atoms with van der Waals surface area (Å²) in [5.74, 6) is -1.64. The van der Waals surface area contributed by atoms with Gasteiger partial charge in [-0.25, -0.2) is 4.39 Å². The lowest BCUT2D eigenvalue weighted by atomic mass is 9.62. The minimum absolute atomic E-state index is 0.0287. The number of ether oxygens (including phenoxy) is 2. The van der Waals surface area contributed by atoms with E-state index in [1.807, 2.05) is 6.07 Å². The summed E-state index contributed by atoms with van der Waals surface area (Å²) in [6.45, 7) is 1.38. The summed E-state index contributed by atoms with van der Waals surface area (Å²) in [5.41, 5.74) is -1.09. The normalized spacial score (nSPS) is 31.4. The summed E-state index contributed by atoms with van der Waals surface area (Å²) in [6.07, 6.45) is 2.00. The smallest absolute Gasteiger partial charge is 0.312 e. The molecule has 6 nitrogen and oxygen atoms in total. The van der Waals surface area contributed by atoms with Crippen molar-refractivity contribution in [3.63, 3.8) is 0 Å². The van der Waals surface area contributed by atoms with Crippen LogP contribution < -0.4 is 5.32 Å². The molecule has 1 aromatic rings. The molecular weight excluding hydrogens is 329 g/mol. The molecule has 5 rings (SSSR count). The number of carbonyl (C=O) groups excluding carboxylic acids is 1. The first-order chi connectivity index (χ1) is 11.9. The van der Waals surface area contributed by atoms with Gasteiger partial charge < -0.3 is 19.9 Å². The molecule has 4 fully saturated rings. The monoisotopic (exact) mass is 349 g/mol. The molecule has 0 spiro atoms. The Bertz CT molecular complexity index is 722. The SMILES string of the molecule is O=C(O)C12COC(C(=O)Nc3ccc(C4CCOCC4)cc3F)(C1)C2. The van der Waals surface area contributed by atoms with Crippen LogP contribution in [0.1, 0.15) is 37.2 Å². The molecule has 0 atom stereocenters. The first kappa shape index (κ1) is 16.5. The molecule has 1 aliphatic carbocycles. The van der Waals surface area contributed by atoms with Crippen molar-refractivity contribution in [2.75, 3.05) is 25.1 Å². The number of rotatable bonds is 4. The maximum absolute atomic E-state index is 14.4. The highest BCUT2D eigenvalue weighted by Gasteiger charge is 2.70. The van der Waals surface area contributed by atoms with Crippen LogP contribution in [0.15, 0.2) is 18.2 Å². The number of hydrogen-bond donors (Lipinski definition) is 2. The largest absolute Gasteiger partial charge is 0.481 e. The summed E-state index contributed by atoms with van der Waals surface area (Å²) >= 11 is 0. The number of fused-ring (bicyclic) bond motifs is 1. The maximum Gasteiger partial charge on any atom is 0.312 e. The second-order valence-corrected chi connectivity index (χ2v) is 7.30. The number of carbonyl (C=O) groups is 2. The van der Waals surface area contributed by atoms with E-state index in [4.69, 9.17) is 9.47 Å². The molecule has 0 unspecified atom stereocenters. The number of amides is 1. The van der Waals surface area contributed by atoms with Gasteiger partial charge in [0.1, 0.15) is 11.4 Å². The Morgan fingerprint density at radius 3 is 2.56 bits per heavy atom. The zero-order chi connectivity index (χ0) is 17.7. The third-order valence-corrected chi connectivity index (χ3v) is 5.67. The van der Waals surface area contributed by atoms with Gasteiger partial charge in [0.2, 0.25) is 0 Å². The molecule has 1 saturated carbocycles. The minimum Gasteiger partial charge on any atom is -0.481 e. The third kappa shape index (κ3) is 2.62. The third-order valence-electron chi connectivity index (χ3n) is 5.67.